The van der Waals surface area contributed by atoms with Crippen molar-refractivity contribution in [3.8, 4) is 23.0 Å². The topological polar surface area (TPSA) is 106 Å². The first-order valence-corrected chi connectivity index (χ1v) is 14.4. The summed E-state index contributed by atoms with van der Waals surface area (Å²) in [5, 5.41) is 14.8. The molecule has 0 spiro atoms. The number of methoxy groups -OCH3 is 1. The number of likely N-dealkylation sites (tertiary alicyclic amines) is 1. The second kappa shape index (κ2) is 12.8. The Morgan fingerprint density at radius 3 is 2.43 bits per heavy atom. The van der Waals surface area contributed by atoms with Gasteiger partial charge in [0.15, 0.2) is 23.1 Å². The summed E-state index contributed by atoms with van der Waals surface area (Å²) >= 11 is 0. The lowest BCUT2D eigenvalue weighted by Crippen LogP contribution is -2.41. The zero-order chi connectivity index (χ0) is 33.2. The molecule has 3 aromatic carbocycles. The Hall–Kier alpha value is -4.91. The van der Waals surface area contributed by atoms with Gasteiger partial charge in [-0.15, -0.1) is 0 Å². The smallest absolute Gasteiger partial charge is 0.419 e. The quantitative estimate of drug-likeness (QED) is 0.147. The Morgan fingerprint density at radius 2 is 1.78 bits per heavy atom. The summed E-state index contributed by atoms with van der Waals surface area (Å²) in [7, 11) is 1.52. The number of nitrogens with zero attached hydrogens (tertiary/aromatic N) is 3. The molecule has 0 atom stereocenters. The van der Waals surface area contributed by atoms with Crippen LogP contribution in [-0.4, -0.2) is 52.2 Å². The highest BCUT2D eigenvalue weighted by Crippen LogP contribution is 2.40. The van der Waals surface area contributed by atoms with Crippen LogP contribution in [0.2, 0.25) is 0 Å². The minimum absolute atomic E-state index is 0.00899. The highest BCUT2D eigenvalue weighted by atomic mass is 19.4. The number of alkyl halides is 3. The van der Waals surface area contributed by atoms with Crippen molar-refractivity contribution in [3.05, 3.63) is 84.5 Å². The van der Waals surface area contributed by atoms with Crippen LogP contribution in [-0.2, 0) is 16.6 Å². The summed E-state index contributed by atoms with van der Waals surface area (Å²) in [6.07, 6.45) is -1.18. The predicted octanol–water partition coefficient (Wildman–Crippen LogP) is 7.12. The van der Waals surface area contributed by atoms with Crippen LogP contribution >= 0.6 is 0 Å². The van der Waals surface area contributed by atoms with Gasteiger partial charge in [0.05, 0.1) is 23.8 Å². The van der Waals surface area contributed by atoms with Crippen molar-refractivity contribution >= 4 is 28.3 Å². The van der Waals surface area contributed by atoms with Crippen LogP contribution in [0, 0.1) is 5.82 Å². The average Bonchev–Trinajstić information content (AvgIpc) is 3.01. The molecule has 0 unspecified atom stereocenters. The van der Waals surface area contributed by atoms with Crippen LogP contribution in [0.25, 0.3) is 10.9 Å². The highest BCUT2D eigenvalue weighted by Gasteiger charge is 2.35. The van der Waals surface area contributed by atoms with Gasteiger partial charge in [0.2, 0.25) is 5.91 Å². The number of amides is 1. The number of hydrogen-bond acceptors (Lipinski definition) is 8. The molecule has 0 saturated carbocycles. The van der Waals surface area contributed by atoms with Crippen molar-refractivity contribution < 1.29 is 41.7 Å². The SMILES string of the molecule is C=CC(=O)N1CCC(Oc2cc3c(Nc4ccc(Oc5cccc(C(F)(F)F)c5F)cc4C(C)(C)O)ncnc3cc2OC)CC1. The largest absolute Gasteiger partial charge is 0.493 e. The van der Waals surface area contributed by atoms with E-state index < -0.39 is 28.9 Å². The minimum Gasteiger partial charge on any atom is -0.493 e. The molecular formula is C33H32F4N4O5. The first kappa shape index (κ1) is 32.5. The number of hydrogen-bond donors (Lipinski definition) is 2. The van der Waals surface area contributed by atoms with Crippen molar-refractivity contribution in [3.63, 3.8) is 0 Å². The summed E-state index contributed by atoms with van der Waals surface area (Å²) in [6.45, 7) is 7.64. The molecule has 5 rings (SSSR count). The zero-order valence-electron chi connectivity index (χ0n) is 25.3. The number of benzene rings is 3. The number of aromatic nitrogens is 2. The molecule has 0 aliphatic carbocycles. The van der Waals surface area contributed by atoms with E-state index >= 15 is 0 Å². The normalized spacial score (nSPS) is 14.2. The van der Waals surface area contributed by atoms with Crippen molar-refractivity contribution in [2.24, 2.45) is 0 Å². The van der Waals surface area contributed by atoms with E-state index in [9.17, 15) is 27.5 Å². The molecule has 1 fully saturated rings. The molecular weight excluding hydrogens is 608 g/mol. The van der Waals surface area contributed by atoms with Crippen molar-refractivity contribution in [2.75, 3.05) is 25.5 Å². The molecule has 0 radical (unpaired) electrons. The zero-order valence-corrected chi connectivity index (χ0v) is 25.3. The van der Waals surface area contributed by atoms with E-state index in [0.717, 1.165) is 12.1 Å². The number of carbonyl (C=O) groups is 1. The van der Waals surface area contributed by atoms with Gasteiger partial charge in [-0.3, -0.25) is 4.79 Å². The fraction of sp³-hybridized carbons (Fsp3) is 0.303. The second-order valence-corrected chi connectivity index (χ2v) is 11.2. The molecule has 9 nitrogen and oxygen atoms in total. The second-order valence-electron chi connectivity index (χ2n) is 11.2. The summed E-state index contributed by atoms with van der Waals surface area (Å²) < 4.78 is 71.7. The molecule has 1 amide bonds. The van der Waals surface area contributed by atoms with E-state index in [2.05, 4.69) is 21.9 Å². The maximum atomic E-state index is 14.6. The lowest BCUT2D eigenvalue weighted by Gasteiger charge is -2.31. The van der Waals surface area contributed by atoms with Crippen LogP contribution in [0.4, 0.5) is 29.1 Å². The van der Waals surface area contributed by atoms with Crippen LogP contribution in [0.5, 0.6) is 23.0 Å². The summed E-state index contributed by atoms with van der Waals surface area (Å²) in [5.41, 5.74) is -1.67. The summed E-state index contributed by atoms with van der Waals surface area (Å²) in [6, 6.07) is 10.6. The first-order chi connectivity index (χ1) is 21.8. The van der Waals surface area contributed by atoms with Crippen LogP contribution in [0.15, 0.2) is 67.5 Å². The van der Waals surface area contributed by atoms with E-state index in [-0.39, 0.29) is 17.8 Å². The van der Waals surface area contributed by atoms with Gasteiger partial charge in [0.25, 0.3) is 0 Å². The molecule has 4 aromatic rings. The maximum Gasteiger partial charge on any atom is 0.419 e. The van der Waals surface area contributed by atoms with E-state index in [1.54, 1.807) is 23.1 Å². The molecule has 46 heavy (non-hydrogen) atoms. The highest BCUT2D eigenvalue weighted by molar-refractivity contribution is 5.93. The molecule has 1 saturated heterocycles. The number of aliphatic hydroxyl groups is 1. The lowest BCUT2D eigenvalue weighted by molar-refractivity contribution is -0.140. The van der Waals surface area contributed by atoms with Gasteiger partial charge in [-0.05, 0) is 56.3 Å². The van der Waals surface area contributed by atoms with E-state index in [1.807, 2.05) is 0 Å². The standard InChI is InChI=1S/C33H32F4N4O5/c1-5-29(42)41-13-11-19(12-14-41)45-28-16-21-25(17-27(28)44-4)38-18-39-31(21)40-24-10-9-20(15-23(24)32(2,3)43)46-26-8-6-7-22(30(26)34)33(35,36)37/h5-10,15-19,43H,1,11-14H2,2-4H3,(H,38,39,40). The Bertz CT molecular complexity index is 1770. The Kier molecular flexibility index (Phi) is 9.06. The molecule has 2 heterocycles. The number of rotatable bonds is 9. The number of fused-ring (bicyclic) bond motifs is 1. The van der Waals surface area contributed by atoms with Gasteiger partial charge < -0.3 is 29.5 Å². The number of nitrogens with one attached hydrogen (secondary N) is 1. The third kappa shape index (κ3) is 6.99. The third-order valence-electron chi connectivity index (χ3n) is 7.54. The Morgan fingerprint density at radius 1 is 1.04 bits per heavy atom. The predicted molar refractivity (Wildman–Crippen MR) is 163 cm³/mol. The minimum atomic E-state index is -4.89. The Balaban J connectivity index is 1.45. The molecule has 1 aromatic heterocycles. The van der Waals surface area contributed by atoms with Crippen LogP contribution in [0.1, 0.15) is 37.8 Å². The van der Waals surface area contributed by atoms with E-state index in [4.69, 9.17) is 14.2 Å². The third-order valence-corrected chi connectivity index (χ3v) is 7.54. The fourth-order valence-corrected chi connectivity index (χ4v) is 5.18. The monoisotopic (exact) mass is 640 g/mol. The number of anilines is 2. The number of halogens is 4. The Labute approximate surface area is 262 Å². The maximum absolute atomic E-state index is 14.6. The van der Waals surface area contributed by atoms with Crippen LogP contribution < -0.4 is 19.5 Å². The van der Waals surface area contributed by atoms with E-state index in [0.29, 0.717) is 71.5 Å². The van der Waals surface area contributed by atoms with Crippen molar-refractivity contribution in [1.29, 1.82) is 0 Å². The van der Waals surface area contributed by atoms with Crippen molar-refractivity contribution in [1.82, 2.24) is 14.9 Å². The van der Waals surface area contributed by atoms with Gasteiger partial charge in [-0.2, -0.15) is 13.2 Å². The molecule has 2 N–H and O–H groups in total. The molecule has 0 bridgehead atoms. The van der Waals surface area contributed by atoms with E-state index in [1.165, 1.54) is 45.5 Å². The summed E-state index contributed by atoms with van der Waals surface area (Å²) in [4.78, 5) is 22.4. The molecule has 13 heteroatoms. The average molecular weight is 641 g/mol. The summed E-state index contributed by atoms with van der Waals surface area (Å²) in [5.74, 6) is -0.987. The van der Waals surface area contributed by atoms with Crippen LogP contribution in [0.3, 0.4) is 0 Å². The fourth-order valence-electron chi connectivity index (χ4n) is 5.18. The number of piperidine rings is 1. The number of ether oxygens (including phenoxy) is 3. The number of carbonyl (C=O) groups excluding carboxylic acids is 1. The molecule has 242 valence electrons. The molecule has 1 aliphatic rings. The van der Waals surface area contributed by atoms with Gasteiger partial charge in [-0.25, -0.2) is 14.4 Å². The van der Waals surface area contributed by atoms with Gasteiger partial charge >= 0.3 is 6.18 Å². The van der Waals surface area contributed by atoms with Crippen molar-refractivity contribution in [2.45, 2.75) is 44.6 Å². The lowest BCUT2D eigenvalue weighted by atomic mass is 9.96. The molecule has 1 aliphatic heterocycles. The first-order valence-electron chi connectivity index (χ1n) is 14.4. The van der Waals surface area contributed by atoms with Gasteiger partial charge in [0, 0.05) is 48.6 Å². The van der Waals surface area contributed by atoms with Gasteiger partial charge in [0.1, 0.15) is 24.0 Å². The van der Waals surface area contributed by atoms with Gasteiger partial charge in [-0.1, -0.05) is 12.6 Å².